The third-order valence-corrected chi connectivity index (χ3v) is 4.06. The fourth-order valence-corrected chi connectivity index (χ4v) is 2.84. The van der Waals surface area contributed by atoms with Crippen LogP contribution in [0.5, 0.6) is 0 Å². The predicted molar refractivity (Wildman–Crippen MR) is 97.9 cm³/mol. The van der Waals surface area contributed by atoms with Gasteiger partial charge in [-0.1, -0.05) is 31.5 Å². The molecule has 0 spiro atoms. The number of anilines is 1. The van der Waals surface area contributed by atoms with Crippen LogP contribution < -0.4 is 10.7 Å². The number of hydrogen-bond donors (Lipinski definition) is 1. The lowest BCUT2D eigenvalue weighted by Gasteiger charge is -2.30. The molecule has 2 aliphatic rings. The predicted octanol–water partition coefficient (Wildman–Crippen LogP) is 3.28. The molecule has 126 valence electrons. The number of hydrogen-bond acceptors (Lipinski definition) is 5. The molecule has 0 saturated heterocycles. The molecule has 0 bridgehead atoms. The second-order valence-electron chi connectivity index (χ2n) is 5.60. The minimum atomic E-state index is 0. The number of fused-ring (bicyclic) bond motifs is 1. The van der Waals surface area contributed by atoms with Gasteiger partial charge in [-0.15, -0.1) is 12.4 Å². The number of hydrazone groups is 1. The van der Waals surface area contributed by atoms with Crippen molar-refractivity contribution in [2.45, 2.75) is 26.2 Å². The van der Waals surface area contributed by atoms with Crippen LogP contribution in [0.2, 0.25) is 0 Å². The number of rotatable bonds is 4. The average Bonchev–Trinajstić information content (AvgIpc) is 2.60. The standard InChI is InChI=1S/C18H20N4O.ClH/c1-2-3-6-13-7-4-5-8-17(13)22-18(20)15(11-19)14-9-10-23-12-16(14)21-22;/h4-5,7-9H,2-3,6,10,12,20H2,1H3;1H. The molecule has 0 atom stereocenters. The van der Waals surface area contributed by atoms with Gasteiger partial charge in [0.05, 0.1) is 24.6 Å². The molecule has 1 aromatic carbocycles. The van der Waals surface area contributed by atoms with Gasteiger partial charge in [0.25, 0.3) is 0 Å². The van der Waals surface area contributed by atoms with Crippen molar-refractivity contribution < 1.29 is 4.74 Å². The van der Waals surface area contributed by atoms with E-state index in [1.165, 1.54) is 5.56 Å². The maximum Gasteiger partial charge on any atom is 0.144 e. The van der Waals surface area contributed by atoms with Crippen LogP contribution in [0.3, 0.4) is 0 Å². The number of halogens is 1. The number of aryl methyl sites for hydroxylation is 1. The summed E-state index contributed by atoms with van der Waals surface area (Å²) in [6, 6.07) is 10.3. The van der Waals surface area contributed by atoms with E-state index in [1.807, 2.05) is 24.3 Å². The van der Waals surface area contributed by atoms with Crippen molar-refractivity contribution in [2.75, 3.05) is 18.2 Å². The van der Waals surface area contributed by atoms with Gasteiger partial charge in [0.1, 0.15) is 17.5 Å². The van der Waals surface area contributed by atoms with Crippen LogP contribution >= 0.6 is 12.4 Å². The summed E-state index contributed by atoms with van der Waals surface area (Å²) >= 11 is 0. The van der Waals surface area contributed by atoms with Crippen LogP contribution in [-0.2, 0) is 11.2 Å². The van der Waals surface area contributed by atoms with E-state index in [9.17, 15) is 5.26 Å². The summed E-state index contributed by atoms with van der Waals surface area (Å²) in [4.78, 5) is 0. The van der Waals surface area contributed by atoms with E-state index in [4.69, 9.17) is 10.5 Å². The molecular weight excluding hydrogens is 324 g/mol. The fraction of sp³-hybridized carbons (Fsp3) is 0.333. The van der Waals surface area contributed by atoms with E-state index in [2.05, 4.69) is 24.2 Å². The van der Waals surface area contributed by atoms with E-state index in [-0.39, 0.29) is 12.4 Å². The second-order valence-corrected chi connectivity index (χ2v) is 5.60. The molecule has 2 N–H and O–H groups in total. The number of para-hydroxylation sites is 1. The molecule has 5 nitrogen and oxygen atoms in total. The Morgan fingerprint density at radius 1 is 1.38 bits per heavy atom. The number of unbranched alkanes of at least 4 members (excludes halogenated alkanes) is 1. The molecule has 0 amide bonds. The Kier molecular flexibility index (Phi) is 6.02. The zero-order chi connectivity index (χ0) is 16.2. The Bertz CT molecular complexity index is 746. The summed E-state index contributed by atoms with van der Waals surface area (Å²) in [5, 5.41) is 15.9. The topological polar surface area (TPSA) is 74.6 Å². The Morgan fingerprint density at radius 2 is 2.17 bits per heavy atom. The Hall–Kier alpha value is -2.29. The highest BCUT2D eigenvalue weighted by molar-refractivity contribution is 6.08. The van der Waals surface area contributed by atoms with E-state index >= 15 is 0 Å². The van der Waals surface area contributed by atoms with Crippen molar-refractivity contribution in [3.8, 4) is 6.07 Å². The average molecular weight is 345 g/mol. The number of ether oxygens (including phenoxy) is 1. The molecule has 0 unspecified atom stereocenters. The Labute approximate surface area is 148 Å². The summed E-state index contributed by atoms with van der Waals surface area (Å²) in [5.74, 6) is 0.383. The van der Waals surface area contributed by atoms with Gasteiger partial charge in [-0.25, -0.2) is 5.01 Å². The largest absolute Gasteiger partial charge is 0.383 e. The fourth-order valence-electron chi connectivity index (χ4n) is 2.84. The summed E-state index contributed by atoms with van der Waals surface area (Å²) in [5.41, 5.74) is 10.4. The number of benzene rings is 1. The van der Waals surface area contributed by atoms with Gasteiger partial charge < -0.3 is 10.5 Å². The minimum absolute atomic E-state index is 0. The van der Waals surface area contributed by atoms with Gasteiger partial charge in [0, 0.05) is 5.57 Å². The van der Waals surface area contributed by atoms with Gasteiger partial charge >= 0.3 is 0 Å². The molecule has 2 heterocycles. The summed E-state index contributed by atoms with van der Waals surface area (Å²) in [6.07, 6.45) is 5.05. The highest BCUT2D eigenvalue weighted by Gasteiger charge is 2.28. The van der Waals surface area contributed by atoms with E-state index in [0.717, 1.165) is 36.2 Å². The lowest BCUT2D eigenvalue weighted by molar-refractivity contribution is 0.199. The van der Waals surface area contributed by atoms with Crippen molar-refractivity contribution in [3.05, 3.63) is 52.9 Å². The van der Waals surface area contributed by atoms with E-state index < -0.39 is 0 Å². The zero-order valence-electron chi connectivity index (χ0n) is 13.7. The maximum atomic E-state index is 9.52. The molecule has 2 aliphatic heterocycles. The zero-order valence-corrected chi connectivity index (χ0v) is 14.5. The van der Waals surface area contributed by atoms with Crippen molar-refractivity contribution in [3.63, 3.8) is 0 Å². The van der Waals surface area contributed by atoms with Gasteiger partial charge in [0.15, 0.2) is 0 Å². The highest BCUT2D eigenvalue weighted by atomic mass is 35.5. The number of nitrogens with two attached hydrogens (primary N) is 1. The van der Waals surface area contributed by atoms with Crippen LogP contribution in [0.15, 0.2) is 52.4 Å². The SMILES string of the molecule is CCCCc1ccccc1N1N=C2COCC=C2C(C#N)=C1N.Cl. The van der Waals surface area contributed by atoms with Gasteiger partial charge in [0.2, 0.25) is 0 Å². The van der Waals surface area contributed by atoms with Crippen LogP contribution in [0, 0.1) is 11.3 Å². The van der Waals surface area contributed by atoms with Crippen molar-refractivity contribution in [1.82, 2.24) is 0 Å². The Morgan fingerprint density at radius 3 is 2.92 bits per heavy atom. The van der Waals surface area contributed by atoms with E-state index in [0.29, 0.717) is 24.6 Å². The van der Waals surface area contributed by atoms with Crippen LogP contribution in [0.25, 0.3) is 0 Å². The van der Waals surface area contributed by atoms with Gasteiger partial charge in [-0.2, -0.15) is 10.4 Å². The van der Waals surface area contributed by atoms with Crippen LogP contribution in [-0.4, -0.2) is 18.9 Å². The molecule has 0 saturated carbocycles. The summed E-state index contributed by atoms with van der Waals surface area (Å²) in [6.45, 7) is 3.06. The third kappa shape index (κ3) is 3.30. The lowest BCUT2D eigenvalue weighted by atomic mass is 9.98. The first-order chi connectivity index (χ1) is 11.3. The molecule has 0 radical (unpaired) electrons. The highest BCUT2D eigenvalue weighted by Crippen LogP contribution is 2.31. The Balaban J connectivity index is 0.00000208. The molecule has 6 heteroatoms. The maximum absolute atomic E-state index is 9.52. The van der Waals surface area contributed by atoms with Crippen molar-refractivity contribution >= 4 is 23.8 Å². The summed E-state index contributed by atoms with van der Waals surface area (Å²) < 4.78 is 5.44. The molecule has 1 aromatic rings. The van der Waals surface area contributed by atoms with Crippen molar-refractivity contribution in [2.24, 2.45) is 10.8 Å². The molecule has 3 rings (SSSR count). The first-order valence-corrected chi connectivity index (χ1v) is 7.90. The minimum Gasteiger partial charge on any atom is -0.383 e. The molecule has 24 heavy (non-hydrogen) atoms. The third-order valence-electron chi connectivity index (χ3n) is 4.06. The van der Waals surface area contributed by atoms with Gasteiger partial charge in [-0.3, -0.25) is 0 Å². The number of nitrogens with zero attached hydrogens (tertiary/aromatic N) is 3. The molecule has 0 aromatic heterocycles. The quantitative estimate of drug-likeness (QED) is 0.909. The van der Waals surface area contributed by atoms with Gasteiger partial charge in [-0.05, 0) is 30.5 Å². The molecule has 0 fully saturated rings. The number of allylic oxidation sites excluding steroid dienone is 1. The normalized spacial score (nSPS) is 16.6. The molecule has 0 aliphatic carbocycles. The second kappa shape index (κ2) is 8.00. The first kappa shape index (κ1) is 18.1. The molecular formula is C18H21ClN4O. The lowest BCUT2D eigenvalue weighted by Crippen LogP contribution is -2.34. The monoisotopic (exact) mass is 344 g/mol. The smallest absolute Gasteiger partial charge is 0.144 e. The van der Waals surface area contributed by atoms with Crippen LogP contribution in [0.4, 0.5) is 5.69 Å². The first-order valence-electron chi connectivity index (χ1n) is 7.90. The van der Waals surface area contributed by atoms with Crippen molar-refractivity contribution in [1.29, 1.82) is 5.26 Å². The summed E-state index contributed by atoms with van der Waals surface area (Å²) in [7, 11) is 0. The van der Waals surface area contributed by atoms with E-state index in [1.54, 1.807) is 5.01 Å². The van der Waals surface area contributed by atoms with Crippen LogP contribution in [0.1, 0.15) is 25.3 Å². The number of nitriles is 1.